The van der Waals surface area contributed by atoms with Gasteiger partial charge in [-0.05, 0) is 82.1 Å². The van der Waals surface area contributed by atoms with Crippen LogP contribution in [0.25, 0.3) is 11.4 Å². The van der Waals surface area contributed by atoms with Crippen molar-refractivity contribution < 1.29 is 17.7 Å². The number of rotatable bonds is 7. The Morgan fingerprint density at radius 1 is 1.15 bits per heavy atom. The lowest BCUT2D eigenvalue weighted by molar-refractivity contribution is 0.231. The maximum absolute atomic E-state index is 13.5. The molecule has 2 aliphatic carbocycles. The molecule has 9 heteroatoms. The summed E-state index contributed by atoms with van der Waals surface area (Å²) >= 11 is 0. The van der Waals surface area contributed by atoms with Gasteiger partial charge in [-0.25, -0.2) is 13.4 Å². The van der Waals surface area contributed by atoms with Crippen LogP contribution in [0.5, 0.6) is 5.75 Å². The smallest absolute Gasteiger partial charge is 0.242 e. The normalized spacial score (nSPS) is 23.2. The van der Waals surface area contributed by atoms with Gasteiger partial charge in [-0.15, -0.1) is 0 Å². The van der Waals surface area contributed by atoms with Crippen LogP contribution < -0.4 is 4.74 Å². The van der Waals surface area contributed by atoms with Gasteiger partial charge in [0.15, 0.2) is 0 Å². The minimum Gasteiger partial charge on any atom is -0.497 e. The topological polar surface area (TPSA) is 100 Å². The van der Waals surface area contributed by atoms with Gasteiger partial charge in [-0.1, -0.05) is 11.6 Å². The Hall–Kier alpha value is -2.68. The summed E-state index contributed by atoms with van der Waals surface area (Å²) in [5, 5.41) is 4.08. The highest BCUT2D eigenvalue weighted by atomic mass is 32.2. The van der Waals surface area contributed by atoms with Crippen molar-refractivity contribution in [3.8, 4) is 17.1 Å². The van der Waals surface area contributed by atoms with E-state index < -0.39 is 9.84 Å². The van der Waals surface area contributed by atoms with Crippen LogP contribution in [0.2, 0.25) is 0 Å². The Bertz CT molecular complexity index is 1260. The molecule has 0 aliphatic heterocycles. The Morgan fingerprint density at radius 3 is 2.55 bits per heavy atom. The summed E-state index contributed by atoms with van der Waals surface area (Å²) in [6.07, 6.45) is 5.02. The van der Waals surface area contributed by atoms with Crippen LogP contribution in [0.3, 0.4) is 0 Å². The Balaban J connectivity index is 1.41. The van der Waals surface area contributed by atoms with E-state index in [0.29, 0.717) is 23.4 Å². The number of fused-ring (bicyclic) bond motifs is 2. The van der Waals surface area contributed by atoms with Gasteiger partial charge in [-0.2, -0.15) is 4.98 Å². The Labute approximate surface area is 194 Å². The second kappa shape index (κ2) is 8.27. The molecule has 0 saturated heterocycles. The van der Waals surface area contributed by atoms with E-state index in [0.717, 1.165) is 22.9 Å². The third kappa shape index (κ3) is 3.96. The molecule has 4 atom stereocenters. The van der Waals surface area contributed by atoms with Crippen molar-refractivity contribution in [1.29, 1.82) is 0 Å². The van der Waals surface area contributed by atoms with Crippen molar-refractivity contribution in [1.82, 2.24) is 19.7 Å². The predicted molar refractivity (Wildman–Crippen MR) is 123 cm³/mol. The zero-order chi connectivity index (χ0) is 23.3. The summed E-state index contributed by atoms with van der Waals surface area (Å²) in [6.45, 7) is 5.97. The highest BCUT2D eigenvalue weighted by Crippen LogP contribution is 2.52. The zero-order valence-electron chi connectivity index (χ0n) is 19.5. The van der Waals surface area contributed by atoms with Gasteiger partial charge < -0.3 is 13.8 Å². The zero-order valence-corrected chi connectivity index (χ0v) is 20.3. The van der Waals surface area contributed by atoms with Crippen LogP contribution in [-0.2, 0) is 15.6 Å². The summed E-state index contributed by atoms with van der Waals surface area (Å²) in [7, 11) is -2.18. The first kappa shape index (κ1) is 22.1. The fourth-order valence-corrected chi connectivity index (χ4v) is 7.22. The molecule has 2 bridgehead atoms. The fraction of sp³-hybridized carbons (Fsp3) is 0.542. The molecular weight excluding hydrogens is 440 g/mol. The van der Waals surface area contributed by atoms with Gasteiger partial charge in [-0.3, -0.25) is 0 Å². The van der Waals surface area contributed by atoms with Crippen molar-refractivity contribution in [2.75, 3.05) is 7.11 Å². The number of imidazole rings is 1. The number of ether oxygens (including phenoxy) is 1. The van der Waals surface area contributed by atoms with Crippen molar-refractivity contribution in [3.05, 3.63) is 41.5 Å². The van der Waals surface area contributed by atoms with E-state index in [4.69, 9.17) is 9.26 Å². The molecule has 3 aromatic rings. The number of sulfone groups is 1. The molecule has 1 aromatic carbocycles. The lowest BCUT2D eigenvalue weighted by atomic mass is 9.84. The van der Waals surface area contributed by atoms with E-state index in [1.165, 1.54) is 25.7 Å². The van der Waals surface area contributed by atoms with Crippen LogP contribution in [-0.4, -0.2) is 35.2 Å². The van der Waals surface area contributed by atoms with Gasteiger partial charge in [0.2, 0.25) is 26.7 Å². The number of nitrogens with zero attached hydrogens (tertiary/aromatic N) is 4. The number of methoxy groups -OCH3 is 1. The summed E-state index contributed by atoms with van der Waals surface area (Å²) < 4.78 is 39.3. The summed E-state index contributed by atoms with van der Waals surface area (Å²) in [5.41, 5.74) is 2.38. The molecule has 0 unspecified atom stereocenters. The molecule has 5 rings (SSSR count). The highest BCUT2D eigenvalue weighted by molar-refractivity contribution is 7.90. The average molecular weight is 471 g/mol. The van der Waals surface area contributed by atoms with Crippen molar-refractivity contribution in [3.63, 3.8) is 0 Å². The number of aryl methyl sites for hydroxylation is 1. The van der Waals surface area contributed by atoms with E-state index in [1.54, 1.807) is 31.4 Å². The van der Waals surface area contributed by atoms with Gasteiger partial charge in [0.1, 0.15) is 11.5 Å². The maximum atomic E-state index is 13.5. The third-order valence-electron chi connectivity index (χ3n) is 7.58. The summed E-state index contributed by atoms with van der Waals surface area (Å²) in [4.78, 5) is 8.81. The van der Waals surface area contributed by atoms with Gasteiger partial charge in [0.25, 0.3) is 0 Å². The highest BCUT2D eigenvalue weighted by Gasteiger charge is 2.43. The quantitative estimate of drug-likeness (QED) is 0.500. The molecule has 2 aliphatic rings. The first-order valence-electron chi connectivity index (χ1n) is 11.5. The molecule has 8 nitrogen and oxygen atoms in total. The first-order valence-corrected chi connectivity index (χ1v) is 13.2. The van der Waals surface area contributed by atoms with Gasteiger partial charge in [0, 0.05) is 17.3 Å². The molecule has 0 N–H and O–H groups in total. The van der Waals surface area contributed by atoms with Gasteiger partial charge in [0.05, 0.1) is 12.8 Å². The van der Waals surface area contributed by atoms with E-state index in [2.05, 4.69) is 22.0 Å². The van der Waals surface area contributed by atoms with Crippen molar-refractivity contribution >= 4 is 9.84 Å². The molecule has 2 heterocycles. The lowest BCUT2D eigenvalue weighted by Gasteiger charge is -2.30. The molecule has 2 fully saturated rings. The van der Waals surface area contributed by atoms with E-state index >= 15 is 0 Å². The average Bonchev–Trinajstić information content (AvgIpc) is 3.59. The molecule has 2 aromatic heterocycles. The van der Waals surface area contributed by atoms with Crippen LogP contribution in [0.4, 0.5) is 0 Å². The molecular formula is C24H30N4O4S. The Morgan fingerprint density at radius 2 is 1.91 bits per heavy atom. The van der Waals surface area contributed by atoms with Crippen molar-refractivity contribution in [2.45, 2.75) is 63.4 Å². The van der Waals surface area contributed by atoms with Crippen LogP contribution >= 0.6 is 0 Å². The molecule has 0 radical (unpaired) electrons. The predicted octanol–water partition coefficient (Wildman–Crippen LogP) is 4.53. The standard InChI is InChI=1S/C24H30N4O4S/c1-14-15(2)28(16(3)21-12-17-5-6-19(21)11-17)24(25-14)33(29,30)13-22-26-23(27-32-22)18-7-9-20(31-4)10-8-18/h7-10,16-17,19,21H,5-6,11-13H2,1-4H3/t16-,17-,19-,21-/m0/s1. The number of hydrogen-bond donors (Lipinski definition) is 0. The number of hydrogen-bond acceptors (Lipinski definition) is 7. The summed E-state index contributed by atoms with van der Waals surface area (Å²) in [6, 6.07) is 7.28. The van der Waals surface area contributed by atoms with Gasteiger partial charge >= 0.3 is 0 Å². The molecule has 2 saturated carbocycles. The molecule has 0 amide bonds. The molecule has 33 heavy (non-hydrogen) atoms. The van der Waals surface area contributed by atoms with Crippen LogP contribution in [0.1, 0.15) is 55.9 Å². The molecule has 176 valence electrons. The largest absolute Gasteiger partial charge is 0.497 e. The molecule has 0 spiro atoms. The van der Waals surface area contributed by atoms with Crippen molar-refractivity contribution in [2.24, 2.45) is 17.8 Å². The van der Waals surface area contributed by atoms with Crippen LogP contribution in [0, 0.1) is 31.6 Å². The number of aromatic nitrogens is 4. The summed E-state index contributed by atoms with van der Waals surface area (Å²) in [5.74, 6) is 2.71. The maximum Gasteiger partial charge on any atom is 0.242 e. The lowest BCUT2D eigenvalue weighted by Crippen LogP contribution is -2.25. The SMILES string of the molecule is COc1ccc(-c2noc(CS(=O)(=O)c3nc(C)c(C)n3[C@@H](C)[C@@H]3C[C@H]4CC[C@H]3C4)n2)cc1. The fourth-order valence-electron chi connectivity index (χ4n) is 5.77. The van der Waals surface area contributed by atoms with Crippen LogP contribution in [0.15, 0.2) is 33.9 Å². The van der Waals surface area contributed by atoms with E-state index in [1.807, 2.05) is 18.4 Å². The van der Waals surface area contributed by atoms with E-state index in [-0.39, 0.29) is 22.8 Å². The third-order valence-corrected chi connectivity index (χ3v) is 9.05. The van der Waals surface area contributed by atoms with E-state index in [9.17, 15) is 8.42 Å². The number of benzene rings is 1. The second-order valence-electron chi connectivity index (χ2n) is 9.51. The second-order valence-corrected chi connectivity index (χ2v) is 11.4. The monoisotopic (exact) mass is 470 g/mol. The Kier molecular flexibility index (Phi) is 5.55. The minimum atomic E-state index is -3.78. The minimum absolute atomic E-state index is 0.0539. The first-order chi connectivity index (χ1) is 15.8.